The van der Waals surface area contributed by atoms with E-state index in [1.54, 1.807) is 0 Å². The molecule has 39 heavy (non-hydrogen) atoms. The van der Waals surface area contributed by atoms with Crippen LogP contribution < -0.4 is 15.8 Å². The van der Waals surface area contributed by atoms with Crippen molar-refractivity contribution in [2.45, 2.75) is 46.0 Å². The lowest BCUT2D eigenvalue weighted by atomic mass is 9.93. The Kier molecular flexibility index (Phi) is 12.6. The summed E-state index contributed by atoms with van der Waals surface area (Å²) in [5, 5.41) is 5.79. The van der Waals surface area contributed by atoms with E-state index >= 15 is 0 Å². The van der Waals surface area contributed by atoms with Crippen LogP contribution in [0.2, 0.25) is 5.02 Å². The highest BCUT2D eigenvalue weighted by atomic mass is 35.5. The molecule has 212 valence electrons. The van der Waals surface area contributed by atoms with E-state index < -0.39 is 0 Å². The summed E-state index contributed by atoms with van der Waals surface area (Å²) in [5.41, 5.74) is 4.00. The molecule has 0 aromatic heterocycles. The lowest BCUT2D eigenvalue weighted by Crippen LogP contribution is -2.41. The minimum absolute atomic E-state index is 0.0251. The average Bonchev–Trinajstić information content (AvgIpc) is 2.91. The second kappa shape index (κ2) is 15.9. The molecule has 5 nitrogen and oxygen atoms in total. The molecule has 0 radical (unpaired) electrons. The van der Waals surface area contributed by atoms with Crippen molar-refractivity contribution in [3.63, 3.8) is 0 Å². The highest BCUT2D eigenvalue weighted by molar-refractivity contribution is 6.30. The first-order valence-corrected chi connectivity index (χ1v) is 14.7. The summed E-state index contributed by atoms with van der Waals surface area (Å²) >= 11 is 6.03. The Balaban J connectivity index is 1.57. The van der Waals surface area contributed by atoms with Gasteiger partial charge in [-0.25, -0.2) is 0 Å². The standard InChI is InChI=1S/C33H46ClN3O2/c1-6-8-28(10-7-9-25(2)29-11-13-31(34)14-12-29)23-36(5)24-30-22-32(27(4)21-26(30)3)33(38)35-15-16-37-17-19-39-20-18-37/h11-14,21-22,24,28H,2-3,6-10,15-20,23H2,1,4-5H3,(H,35,38)/b30-24-. The van der Waals surface area contributed by atoms with E-state index in [1.165, 1.54) is 17.6 Å². The molecule has 0 spiro atoms. The maximum absolute atomic E-state index is 13.0. The predicted octanol–water partition coefficient (Wildman–Crippen LogP) is 5.09. The van der Waals surface area contributed by atoms with Gasteiger partial charge in [0.05, 0.1) is 13.2 Å². The van der Waals surface area contributed by atoms with Crippen LogP contribution in [0.25, 0.3) is 18.4 Å². The summed E-state index contributed by atoms with van der Waals surface area (Å²) in [5.74, 6) is 0.568. The number of carbonyl (C=O) groups is 1. The minimum Gasteiger partial charge on any atom is -0.380 e. The zero-order valence-corrected chi connectivity index (χ0v) is 24.9. The van der Waals surface area contributed by atoms with Crippen molar-refractivity contribution in [2.75, 3.05) is 53.0 Å². The van der Waals surface area contributed by atoms with Gasteiger partial charge in [0.2, 0.25) is 0 Å². The number of hydrogen-bond donors (Lipinski definition) is 1. The van der Waals surface area contributed by atoms with Crippen molar-refractivity contribution >= 4 is 35.9 Å². The third-order valence-corrected chi connectivity index (χ3v) is 7.75. The number of carbonyl (C=O) groups excluding carboxylic acids is 1. The molecule has 2 aromatic carbocycles. The lowest BCUT2D eigenvalue weighted by molar-refractivity contribution is 0.0383. The summed E-state index contributed by atoms with van der Waals surface area (Å²) in [4.78, 5) is 17.6. The van der Waals surface area contributed by atoms with Crippen LogP contribution >= 0.6 is 11.6 Å². The van der Waals surface area contributed by atoms with Gasteiger partial charge in [0.25, 0.3) is 5.91 Å². The van der Waals surface area contributed by atoms with Gasteiger partial charge in [0.1, 0.15) is 0 Å². The summed E-state index contributed by atoms with van der Waals surface area (Å²) in [7, 11) is 2.12. The van der Waals surface area contributed by atoms with Crippen LogP contribution in [0.5, 0.6) is 0 Å². The summed E-state index contributed by atoms with van der Waals surface area (Å²) in [6.07, 6.45) is 7.74. The van der Waals surface area contributed by atoms with Crippen LogP contribution in [-0.4, -0.2) is 68.7 Å². The fourth-order valence-corrected chi connectivity index (χ4v) is 5.39. The Labute approximate surface area is 240 Å². The van der Waals surface area contributed by atoms with E-state index in [1.807, 2.05) is 43.3 Å². The summed E-state index contributed by atoms with van der Waals surface area (Å²) < 4.78 is 5.40. The van der Waals surface area contributed by atoms with Gasteiger partial charge < -0.3 is 15.0 Å². The number of hydrogen-bond acceptors (Lipinski definition) is 4. The molecular formula is C33H46ClN3O2. The van der Waals surface area contributed by atoms with E-state index in [9.17, 15) is 4.79 Å². The first kappa shape index (κ1) is 30.9. The van der Waals surface area contributed by atoms with Crippen LogP contribution in [0.4, 0.5) is 0 Å². The van der Waals surface area contributed by atoms with Gasteiger partial charge in [-0.2, -0.15) is 0 Å². The first-order chi connectivity index (χ1) is 18.8. The predicted molar refractivity (Wildman–Crippen MR) is 165 cm³/mol. The van der Waals surface area contributed by atoms with E-state index in [0.717, 1.165) is 91.7 Å². The van der Waals surface area contributed by atoms with Crippen LogP contribution in [0.3, 0.4) is 0 Å². The smallest absolute Gasteiger partial charge is 0.251 e. The minimum atomic E-state index is -0.0251. The normalized spacial score (nSPS) is 15.2. The number of rotatable bonds is 14. The maximum Gasteiger partial charge on any atom is 0.251 e. The molecule has 1 aliphatic heterocycles. The molecule has 1 unspecified atom stereocenters. The molecule has 0 saturated carbocycles. The van der Waals surface area contributed by atoms with Crippen molar-refractivity contribution < 1.29 is 9.53 Å². The number of allylic oxidation sites excluding steroid dienone is 1. The van der Waals surface area contributed by atoms with Crippen LogP contribution in [0.15, 0.2) is 43.0 Å². The second-order valence-electron chi connectivity index (χ2n) is 10.8. The quantitative estimate of drug-likeness (QED) is 0.355. The molecule has 0 aliphatic carbocycles. The Morgan fingerprint density at radius 1 is 1.21 bits per heavy atom. The van der Waals surface area contributed by atoms with E-state index in [0.29, 0.717) is 12.5 Å². The molecule has 0 bridgehead atoms. The number of nitrogens with one attached hydrogen (secondary N) is 1. The van der Waals surface area contributed by atoms with Gasteiger partial charge in [-0.1, -0.05) is 56.3 Å². The monoisotopic (exact) mass is 551 g/mol. The molecule has 1 atom stereocenters. The SMILES string of the molecule is C=C(CCCC(CCC)CN(C)/C=c1/cc(C(=O)NCCN2CCOCC2)c(C)cc1=C)c1ccc(Cl)cc1. The molecule has 2 aromatic rings. The number of benzene rings is 2. The summed E-state index contributed by atoms with van der Waals surface area (Å²) in [6, 6.07) is 12.0. The number of amides is 1. The van der Waals surface area contributed by atoms with E-state index in [-0.39, 0.29) is 5.91 Å². The second-order valence-corrected chi connectivity index (χ2v) is 11.2. The zero-order valence-electron chi connectivity index (χ0n) is 24.1. The number of nitrogens with zero attached hydrogens (tertiary/aromatic N) is 2. The average molecular weight is 552 g/mol. The molecule has 1 N–H and O–H groups in total. The molecule has 1 aliphatic rings. The molecule has 1 heterocycles. The fraction of sp³-hybridized carbons (Fsp3) is 0.485. The number of ether oxygens (including phenoxy) is 1. The maximum atomic E-state index is 13.0. The third-order valence-electron chi connectivity index (χ3n) is 7.49. The third kappa shape index (κ3) is 10.1. The molecule has 1 amide bonds. The topological polar surface area (TPSA) is 44.8 Å². The highest BCUT2D eigenvalue weighted by Gasteiger charge is 2.14. The molecule has 1 saturated heterocycles. The van der Waals surface area contributed by atoms with Crippen molar-refractivity contribution in [1.82, 2.24) is 15.1 Å². The number of morpholine rings is 1. The van der Waals surface area contributed by atoms with Gasteiger partial charge in [-0.15, -0.1) is 0 Å². The Morgan fingerprint density at radius 3 is 2.62 bits per heavy atom. The van der Waals surface area contributed by atoms with Crippen LogP contribution in [-0.2, 0) is 4.74 Å². The van der Waals surface area contributed by atoms with E-state index in [2.05, 4.69) is 48.4 Å². The molecule has 6 heteroatoms. The van der Waals surface area contributed by atoms with E-state index in [4.69, 9.17) is 16.3 Å². The first-order valence-electron chi connectivity index (χ1n) is 14.3. The van der Waals surface area contributed by atoms with Crippen LogP contribution in [0, 0.1) is 12.8 Å². The van der Waals surface area contributed by atoms with Gasteiger partial charge in [-0.05, 0) is 83.9 Å². The Morgan fingerprint density at radius 2 is 1.92 bits per heavy atom. The summed E-state index contributed by atoms with van der Waals surface area (Å²) in [6.45, 7) is 18.6. The largest absolute Gasteiger partial charge is 0.380 e. The fourth-order valence-electron chi connectivity index (χ4n) is 5.26. The van der Waals surface area contributed by atoms with Crippen molar-refractivity contribution in [3.05, 3.63) is 75.1 Å². The van der Waals surface area contributed by atoms with Crippen molar-refractivity contribution in [1.29, 1.82) is 0 Å². The molecule has 1 fully saturated rings. The Hall–Kier alpha value is -2.60. The van der Waals surface area contributed by atoms with Crippen molar-refractivity contribution in [2.24, 2.45) is 5.92 Å². The molecule has 3 rings (SSSR count). The zero-order chi connectivity index (χ0) is 28.2. The molecular weight excluding hydrogens is 506 g/mol. The van der Waals surface area contributed by atoms with Gasteiger partial charge in [0.15, 0.2) is 0 Å². The Bertz CT molecular complexity index is 1190. The van der Waals surface area contributed by atoms with Gasteiger partial charge in [-0.3, -0.25) is 9.69 Å². The number of halogens is 1. The highest BCUT2D eigenvalue weighted by Crippen LogP contribution is 2.24. The van der Waals surface area contributed by atoms with Crippen LogP contribution in [0.1, 0.15) is 60.5 Å². The number of aryl methyl sites for hydroxylation is 1. The van der Waals surface area contributed by atoms with Gasteiger partial charge in [0, 0.05) is 56.6 Å². The van der Waals surface area contributed by atoms with Gasteiger partial charge >= 0.3 is 0 Å². The lowest BCUT2D eigenvalue weighted by Gasteiger charge is -2.26. The van der Waals surface area contributed by atoms with Crippen molar-refractivity contribution in [3.8, 4) is 0 Å².